The van der Waals surface area contributed by atoms with Crippen LogP contribution >= 0.6 is 24.0 Å². The van der Waals surface area contributed by atoms with Crippen molar-refractivity contribution in [1.82, 2.24) is 20.9 Å². The van der Waals surface area contributed by atoms with E-state index in [1.54, 1.807) is 19.2 Å². The van der Waals surface area contributed by atoms with Crippen molar-refractivity contribution < 1.29 is 13.9 Å². The lowest BCUT2D eigenvalue weighted by molar-refractivity contribution is 0.0926. The summed E-state index contributed by atoms with van der Waals surface area (Å²) in [6, 6.07) is 11.7. The summed E-state index contributed by atoms with van der Waals surface area (Å²) in [5, 5.41) is 9.40. The number of furan rings is 1. The van der Waals surface area contributed by atoms with E-state index >= 15 is 0 Å². The maximum Gasteiger partial charge on any atom is 0.287 e. The molecule has 176 valence electrons. The molecule has 3 N–H and O–H groups in total. The van der Waals surface area contributed by atoms with Crippen LogP contribution in [0.3, 0.4) is 0 Å². The maximum atomic E-state index is 12.0. The van der Waals surface area contributed by atoms with E-state index in [2.05, 4.69) is 33.0 Å². The van der Waals surface area contributed by atoms with Crippen molar-refractivity contribution in [3.63, 3.8) is 0 Å². The Morgan fingerprint density at radius 3 is 2.56 bits per heavy atom. The van der Waals surface area contributed by atoms with Gasteiger partial charge in [-0.1, -0.05) is 18.2 Å². The highest BCUT2D eigenvalue weighted by atomic mass is 127. The molecular formula is C23H34IN5O3. The quantitative estimate of drug-likeness (QED) is 0.181. The summed E-state index contributed by atoms with van der Waals surface area (Å²) in [7, 11) is 1.71. The van der Waals surface area contributed by atoms with E-state index in [1.807, 2.05) is 19.1 Å². The zero-order chi connectivity index (χ0) is 21.9. The molecule has 0 aliphatic carbocycles. The first-order chi connectivity index (χ1) is 15.2. The topological polar surface area (TPSA) is 91.1 Å². The first-order valence-electron chi connectivity index (χ1n) is 10.9. The summed E-state index contributed by atoms with van der Waals surface area (Å²) in [5.74, 6) is 1.71. The summed E-state index contributed by atoms with van der Waals surface area (Å²) in [5.41, 5.74) is 1.16. The first-order valence-corrected chi connectivity index (χ1v) is 10.9. The van der Waals surface area contributed by atoms with Gasteiger partial charge in [0.2, 0.25) is 0 Å². The van der Waals surface area contributed by atoms with Crippen LogP contribution in [0.15, 0.2) is 52.1 Å². The molecule has 2 aromatic rings. The van der Waals surface area contributed by atoms with Gasteiger partial charge >= 0.3 is 0 Å². The fourth-order valence-corrected chi connectivity index (χ4v) is 3.78. The number of amides is 1. The second-order valence-electron chi connectivity index (χ2n) is 7.38. The number of halogens is 1. The number of guanidine groups is 1. The number of hydrogen-bond acceptors (Lipinski definition) is 5. The molecule has 1 saturated heterocycles. The Bertz CT molecular complexity index is 838. The van der Waals surface area contributed by atoms with Gasteiger partial charge in [0, 0.05) is 25.2 Å². The molecular weight excluding hydrogens is 521 g/mol. The fourth-order valence-electron chi connectivity index (χ4n) is 3.78. The van der Waals surface area contributed by atoms with E-state index in [4.69, 9.17) is 14.1 Å². The molecule has 1 fully saturated rings. The van der Waals surface area contributed by atoms with E-state index in [9.17, 15) is 4.79 Å². The Balaban J connectivity index is 0.00000363. The minimum Gasteiger partial charge on any atom is -0.496 e. The number of rotatable bonds is 10. The number of ether oxygens (including phenoxy) is 1. The lowest BCUT2D eigenvalue weighted by atomic mass is 10.0. The second kappa shape index (κ2) is 14.0. The highest BCUT2D eigenvalue weighted by Crippen LogP contribution is 2.31. The predicted molar refractivity (Wildman–Crippen MR) is 137 cm³/mol. The van der Waals surface area contributed by atoms with Crippen molar-refractivity contribution in [2.45, 2.75) is 25.8 Å². The van der Waals surface area contributed by atoms with Crippen LogP contribution in [0.4, 0.5) is 0 Å². The number of likely N-dealkylation sites (tertiary alicyclic amines) is 1. The summed E-state index contributed by atoms with van der Waals surface area (Å²) in [6.45, 7) is 6.57. The summed E-state index contributed by atoms with van der Waals surface area (Å²) in [6.07, 6.45) is 3.91. The van der Waals surface area contributed by atoms with Gasteiger partial charge in [-0.2, -0.15) is 0 Å². The van der Waals surface area contributed by atoms with Crippen LogP contribution in [-0.2, 0) is 0 Å². The molecule has 1 amide bonds. The van der Waals surface area contributed by atoms with Gasteiger partial charge in [0.15, 0.2) is 11.7 Å². The number of para-hydroxylation sites is 1. The molecule has 0 spiro atoms. The van der Waals surface area contributed by atoms with E-state index < -0.39 is 0 Å². The van der Waals surface area contributed by atoms with Gasteiger partial charge in [-0.15, -0.1) is 24.0 Å². The molecule has 0 radical (unpaired) electrons. The number of carbonyl (C=O) groups is 1. The van der Waals surface area contributed by atoms with Gasteiger partial charge in [0.05, 0.1) is 26.0 Å². The molecule has 2 heterocycles. The van der Waals surface area contributed by atoms with Crippen LogP contribution < -0.4 is 20.7 Å². The lowest BCUT2D eigenvalue weighted by Gasteiger charge is -2.28. The largest absolute Gasteiger partial charge is 0.496 e. The molecule has 1 aliphatic rings. The van der Waals surface area contributed by atoms with Crippen molar-refractivity contribution >= 4 is 35.8 Å². The van der Waals surface area contributed by atoms with Gasteiger partial charge in [0.25, 0.3) is 5.91 Å². The molecule has 1 unspecified atom stereocenters. The van der Waals surface area contributed by atoms with Gasteiger partial charge < -0.3 is 25.1 Å². The molecule has 1 aliphatic heterocycles. The molecule has 32 heavy (non-hydrogen) atoms. The zero-order valence-electron chi connectivity index (χ0n) is 18.8. The van der Waals surface area contributed by atoms with Crippen LogP contribution in [0.1, 0.15) is 41.9 Å². The smallest absolute Gasteiger partial charge is 0.287 e. The Morgan fingerprint density at radius 2 is 1.88 bits per heavy atom. The second-order valence-corrected chi connectivity index (χ2v) is 7.38. The number of nitrogens with one attached hydrogen (secondary N) is 3. The number of benzene rings is 1. The highest BCUT2D eigenvalue weighted by Gasteiger charge is 2.25. The molecule has 9 heteroatoms. The average Bonchev–Trinajstić information content (AvgIpc) is 3.51. The van der Waals surface area contributed by atoms with E-state index in [0.717, 1.165) is 36.9 Å². The van der Waals surface area contributed by atoms with Gasteiger partial charge in [-0.25, -0.2) is 0 Å². The average molecular weight is 555 g/mol. The minimum absolute atomic E-state index is 0. The number of nitrogens with zero attached hydrogens (tertiary/aromatic N) is 2. The molecule has 0 saturated carbocycles. The standard InChI is InChI=1S/C23H33N5O3.HI/c1-3-24-23(26-13-12-25-22(29)21-11-8-16-31-21)27-17-19(28-14-6-7-15-28)18-9-4-5-10-20(18)30-2;/h4-5,8-11,16,19H,3,6-7,12-15,17H2,1-2H3,(H,25,29)(H2,24,26,27);1H. The Hall–Kier alpha value is -2.27. The van der Waals surface area contributed by atoms with Crippen LogP contribution in [0.25, 0.3) is 0 Å². The zero-order valence-corrected chi connectivity index (χ0v) is 21.1. The maximum absolute atomic E-state index is 12.0. The van der Waals surface area contributed by atoms with Gasteiger partial charge in [-0.3, -0.25) is 14.7 Å². The minimum atomic E-state index is -0.223. The third-order valence-corrected chi connectivity index (χ3v) is 5.29. The van der Waals surface area contributed by atoms with Crippen LogP contribution in [0.5, 0.6) is 5.75 Å². The normalized spacial score (nSPS) is 15.0. The molecule has 8 nitrogen and oxygen atoms in total. The first kappa shape index (κ1) is 26.0. The van der Waals surface area contributed by atoms with Crippen LogP contribution in [0, 0.1) is 0 Å². The van der Waals surface area contributed by atoms with Crippen molar-refractivity contribution in [2.24, 2.45) is 4.99 Å². The third-order valence-electron chi connectivity index (χ3n) is 5.29. The van der Waals surface area contributed by atoms with Crippen molar-refractivity contribution in [3.05, 3.63) is 54.0 Å². The third kappa shape index (κ3) is 7.40. The molecule has 0 bridgehead atoms. The lowest BCUT2D eigenvalue weighted by Crippen LogP contribution is -2.42. The Labute approximate surface area is 207 Å². The fraction of sp³-hybridized carbons (Fsp3) is 0.478. The summed E-state index contributed by atoms with van der Waals surface area (Å²) in [4.78, 5) is 19.3. The van der Waals surface area contributed by atoms with Crippen LogP contribution in [0.2, 0.25) is 0 Å². The van der Waals surface area contributed by atoms with Crippen molar-refractivity contribution in [1.29, 1.82) is 0 Å². The number of carbonyl (C=O) groups excluding carboxylic acids is 1. The Morgan fingerprint density at radius 1 is 1.12 bits per heavy atom. The molecule has 1 atom stereocenters. The molecule has 1 aromatic heterocycles. The molecule has 3 rings (SSSR count). The monoisotopic (exact) mass is 555 g/mol. The van der Waals surface area contributed by atoms with E-state index in [1.165, 1.54) is 19.1 Å². The van der Waals surface area contributed by atoms with Gasteiger partial charge in [0.1, 0.15) is 5.75 Å². The summed E-state index contributed by atoms with van der Waals surface area (Å²) < 4.78 is 10.7. The van der Waals surface area contributed by atoms with E-state index in [-0.39, 0.29) is 35.9 Å². The van der Waals surface area contributed by atoms with E-state index in [0.29, 0.717) is 25.4 Å². The van der Waals surface area contributed by atoms with Crippen molar-refractivity contribution in [3.8, 4) is 5.75 Å². The number of methoxy groups -OCH3 is 1. The Kier molecular flexibility index (Phi) is 11.4. The predicted octanol–water partition coefficient (Wildman–Crippen LogP) is 3.03. The molecule has 1 aromatic carbocycles. The number of aliphatic imine (C=N–C) groups is 1. The summed E-state index contributed by atoms with van der Waals surface area (Å²) >= 11 is 0. The van der Waals surface area contributed by atoms with Gasteiger partial charge in [-0.05, 0) is 51.1 Å². The highest BCUT2D eigenvalue weighted by molar-refractivity contribution is 14.0. The number of hydrogen-bond donors (Lipinski definition) is 3. The van der Waals surface area contributed by atoms with Crippen LogP contribution in [-0.4, -0.2) is 63.1 Å². The SMILES string of the molecule is CCNC(=NCC(c1ccccc1OC)N1CCCC1)NCCNC(=O)c1ccco1.I. The van der Waals surface area contributed by atoms with Crippen molar-refractivity contribution in [2.75, 3.05) is 46.4 Å².